The van der Waals surface area contributed by atoms with E-state index < -0.39 is 23.6 Å². The number of rotatable bonds is 6. The van der Waals surface area contributed by atoms with Gasteiger partial charge in [-0.15, -0.1) is 5.10 Å². The molecule has 9 heteroatoms. The van der Waals surface area contributed by atoms with Crippen LogP contribution in [0.15, 0.2) is 30.5 Å². The quantitative estimate of drug-likeness (QED) is 0.654. The van der Waals surface area contributed by atoms with Crippen LogP contribution in [0.3, 0.4) is 0 Å². The molecule has 3 heterocycles. The molecule has 2 fully saturated rings. The number of aliphatic hydroxyl groups excluding tert-OH is 1. The van der Waals surface area contributed by atoms with Crippen molar-refractivity contribution < 1.29 is 19.4 Å². The van der Waals surface area contributed by atoms with Crippen LogP contribution in [0, 0.1) is 5.41 Å². The fraction of sp³-hybridized carbons (Fsp3) is 0.615. The summed E-state index contributed by atoms with van der Waals surface area (Å²) in [5, 5.41) is 22.0. The van der Waals surface area contributed by atoms with Gasteiger partial charge in [-0.2, -0.15) is 0 Å². The number of β-amino-alcohol motifs (C(OH)–C–C–N with tert-alkyl or cyclic N) is 1. The molecule has 1 aromatic heterocycles. The second-order valence-electron chi connectivity index (χ2n) is 11.2. The van der Waals surface area contributed by atoms with Gasteiger partial charge in [-0.25, -0.2) is 4.68 Å². The van der Waals surface area contributed by atoms with E-state index in [2.05, 4.69) is 21.7 Å². The minimum absolute atomic E-state index is 0.0534. The van der Waals surface area contributed by atoms with Gasteiger partial charge in [0.2, 0.25) is 11.8 Å². The molecular weight excluding hydrogens is 446 g/mol. The van der Waals surface area contributed by atoms with E-state index in [0.717, 1.165) is 24.1 Å². The van der Waals surface area contributed by atoms with Crippen LogP contribution in [0.5, 0.6) is 0 Å². The molecule has 2 N–H and O–H groups in total. The molecule has 2 amide bonds. The monoisotopic (exact) mass is 481 g/mol. The first-order valence-electron chi connectivity index (χ1n) is 12.6. The molecule has 0 radical (unpaired) electrons. The maximum atomic E-state index is 13.8. The van der Waals surface area contributed by atoms with Crippen LogP contribution in [0.2, 0.25) is 0 Å². The molecule has 3 unspecified atom stereocenters. The molecule has 3 aliphatic rings. The third kappa shape index (κ3) is 4.97. The Hall–Kier alpha value is -2.78. The second-order valence-corrected chi connectivity index (χ2v) is 11.2. The van der Waals surface area contributed by atoms with E-state index in [4.69, 9.17) is 4.74 Å². The number of hydrogen-bond acceptors (Lipinski definition) is 6. The van der Waals surface area contributed by atoms with E-state index in [1.807, 2.05) is 45.2 Å². The number of nitrogens with zero attached hydrogens (tertiary/aromatic N) is 4. The number of likely N-dealkylation sites (tertiary alicyclic amines) is 1. The van der Waals surface area contributed by atoms with Gasteiger partial charge in [-0.1, -0.05) is 50.3 Å². The predicted molar refractivity (Wildman–Crippen MR) is 128 cm³/mol. The summed E-state index contributed by atoms with van der Waals surface area (Å²) < 4.78 is 7.36. The van der Waals surface area contributed by atoms with E-state index in [9.17, 15) is 14.7 Å². The predicted octanol–water partition coefficient (Wildman–Crippen LogP) is 2.13. The fourth-order valence-corrected chi connectivity index (χ4v) is 5.30. The summed E-state index contributed by atoms with van der Waals surface area (Å²) in [4.78, 5) is 28.7. The summed E-state index contributed by atoms with van der Waals surface area (Å²) in [5.41, 5.74) is 2.78. The van der Waals surface area contributed by atoms with Crippen molar-refractivity contribution in [2.24, 2.45) is 5.41 Å². The smallest absolute Gasteiger partial charge is 0.248 e. The molecule has 0 bridgehead atoms. The number of aromatic nitrogens is 3. The molecule has 1 saturated heterocycles. The van der Waals surface area contributed by atoms with Crippen molar-refractivity contribution in [2.45, 2.75) is 76.7 Å². The van der Waals surface area contributed by atoms with Gasteiger partial charge in [-0.3, -0.25) is 9.59 Å². The van der Waals surface area contributed by atoms with E-state index in [1.54, 1.807) is 4.68 Å². The third-order valence-corrected chi connectivity index (χ3v) is 7.30. The van der Waals surface area contributed by atoms with Crippen LogP contribution < -0.4 is 5.32 Å². The molecule has 2 aliphatic heterocycles. The van der Waals surface area contributed by atoms with Gasteiger partial charge in [0.15, 0.2) is 0 Å². The average Bonchev–Trinajstić information content (AvgIpc) is 3.43. The number of carbonyl (C=O) groups is 2. The Bertz CT molecular complexity index is 1090. The topological polar surface area (TPSA) is 110 Å². The van der Waals surface area contributed by atoms with Crippen LogP contribution in [-0.2, 0) is 20.9 Å². The lowest BCUT2D eigenvalue weighted by molar-refractivity contribution is -0.144. The molecule has 0 spiro atoms. The van der Waals surface area contributed by atoms with Gasteiger partial charge in [0.25, 0.3) is 0 Å². The average molecular weight is 482 g/mol. The SMILES string of the molecule is CC(C)(C)[C@@H](C(=O)N1CC(O)CC1C(=O)NCC1COCc2ccccc21)n1cc(C2CC2)nn1. The first kappa shape index (κ1) is 23.9. The first-order chi connectivity index (χ1) is 16.7. The number of amides is 2. The molecule has 1 saturated carbocycles. The highest BCUT2D eigenvalue weighted by Crippen LogP contribution is 2.40. The summed E-state index contributed by atoms with van der Waals surface area (Å²) in [6.07, 6.45) is 3.55. The summed E-state index contributed by atoms with van der Waals surface area (Å²) >= 11 is 0. The maximum absolute atomic E-state index is 13.8. The molecule has 5 rings (SSSR count). The van der Waals surface area contributed by atoms with Crippen molar-refractivity contribution in [3.05, 3.63) is 47.3 Å². The molecule has 188 valence electrons. The number of hydrogen-bond donors (Lipinski definition) is 2. The largest absolute Gasteiger partial charge is 0.391 e. The zero-order valence-electron chi connectivity index (χ0n) is 20.7. The maximum Gasteiger partial charge on any atom is 0.248 e. The van der Waals surface area contributed by atoms with Crippen molar-refractivity contribution in [3.63, 3.8) is 0 Å². The van der Waals surface area contributed by atoms with E-state index in [0.29, 0.717) is 25.7 Å². The van der Waals surface area contributed by atoms with Gasteiger partial charge in [0.1, 0.15) is 12.1 Å². The van der Waals surface area contributed by atoms with Gasteiger partial charge in [0.05, 0.1) is 25.0 Å². The highest BCUT2D eigenvalue weighted by Gasteiger charge is 2.45. The minimum Gasteiger partial charge on any atom is -0.391 e. The van der Waals surface area contributed by atoms with Crippen molar-refractivity contribution >= 4 is 11.8 Å². The molecule has 9 nitrogen and oxygen atoms in total. The van der Waals surface area contributed by atoms with Crippen molar-refractivity contribution in [3.8, 4) is 0 Å². The Morgan fingerprint density at radius 3 is 2.77 bits per heavy atom. The fourth-order valence-electron chi connectivity index (χ4n) is 5.30. The summed E-state index contributed by atoms with van der Waals surface area (Å²) in [6, 6.07) is 6.75. The van der Waals surface area contributed by atoms with Crippen LogP contribution in [0.4, 0.5) is 0 Å². The zero-order chi connectivity index (χ0) is 24.7. The lowest BCUT2D eigenvalue weighted by Crippen LogP contribution is -2.51. The highest BCUT2D eigenvalue weighted by molar-refractivity contribution is 5.90. The number of fused-ring (bicyclic) bond motifs is 1. The summed E-state index contributed by atoms with van der Waals surface area (Å²) in [7, 11) is 0. The van der Waals surface area contributed by atoms with Gasteiger partial charge >= 0.3 is 0 Å². The standard InChI is InChI=1S/C26H35N5O4/c1-26(2,3)23(31-13-21(28-29-31)16-8-9-16)25(34)30-12-19(32)10-22(30)24(33)27-11-18-15-35-14-17-6-4-5-7-20(17)18/h4-7,13,16,18-19,22-23,32H,8-12,14-15H2,1-3H3,(H,27,33)/t18?,19?,22?,23-/m1/s1. The lowest BCUT2D eigenvalue weighted by atomic mass is 9.85. The zero-order valence-corrected chi connectivity index (χ0v) is 20.7. The normalized spacial score (nSPS) is 25.3. The number of ether oxygens (including phenoxy) is 1. The molecule has 1 aliphatic carbocycles. The second kappa shape index (κ2) is 9.35. The Kier molecular flexibility index (Phi) is 6.40. The number of carbonyl (C=O) groups excluding carboxylic acids is 2. The number of benzene rings is 1. The Balaban J connectivity index is 1.31. The summed E-state index contributed by atoms with van der Waals surface area (Å²) in [6.45, 7) is 7.61. The van der Waals surface area contributed by atoms with Crippen LogP contribution in [-0.4, -0.2) is 68.7 Å². The molecule has 35 heavy (non-hydrogen) atoms. The van der Waals surface area contributed by atoms with Gasteiger partial charge in [-0.05, 0) is 29.4 Å². The highest BCUT2D eigenvalue weighted by atomic mass is 16.5. The van der Waals surface area contributed by atoms with E-state index in [1.165, 1.54) is 10.5 Å². The molecule has 2 aromatic rings. The summed E-state index contributed by atoms with van der Waals surface area (Å²) in [5.74, 6) is 0.0221. The Morgan fingerprint density at radius 1 is 1.26 bits per heavy atom. The molecular formula is C26H35N5O4. The Morgan fingerprint density at radius 2 is 2.03 bits per heavy atom. The number of aliphatic hydroxyl groups is 1. The minimum atomic E-state index is -0.744. The van der Waals surface area contributed by atoms with E-state index in [-0.39, 0.29) is 30.7 Å². The van der Waals surface area contributed by atoms with Gasteiger partial charge in [0, 0.05) is 37.5 Å². The van der Waals surface area contributed by atoms with Gasteiger partial charge < -0.3 is 20.1 Å². The third-order valence-electron chi connectivity index (χ3n) is 7.30. The van der Waals surface area contributed by atoms with Crippen LogP contribution in [0.1, 0.15) is 74.7 Å². The first-order valence-corrected chi connectivity index (χ1v) is 12.6. The van der Waals surface area contributed by atoms with E-state index >= 15 is 0 Å². The lowest BCUT2D eigenvalue weighted by Gasteiger charge is -2.34. The van der Waals surface area contributed by atoms with Crippen molar-refractivity contribution in [1.29, 1.82) is 0 Å². The Labute approximate surface area is 205 Å². The molecule has 4 atom stereocenters. The van der Waals surface area contributed by atoms with Crippen LogP contribution in [0.25, 0.3) is 0 Å². The van der Waals surface area contributed by atoms with Crippen molar-refractivity contribution in [1.82, 2.24) is 25.2 Å². The van der Waals surface area contributed by atoms with Crippen molar-refractivity contribution in [2.75, 3.05) is 19.7 Å². The number of nitrogens with one attached hydrogen (secondary N) is 1. The molecule has 1 aromatic carbocycles. The van der Waals surface area contributed by atoms with Crippen LogP contribution >= 0.6 is 0 Å².